The van der Waals surface area contributed by atoms with Crippen LogP contribution in [-0.4, -0.2) is 35.5 Å². The first-order valence-electron chi connectivity index (χ1n) is 6.57. The van der Waals surface area contributed by atoms with Gasteiger partial charge < -0.3 is 10.2 Å². The normalized spacial score (nSPS) is 31.8. The molecule has 3 heteroatoms. The largest absolute Gasteiger partial charge is 0.338 e. The lowest BCUT2D eigenvalue weighted by atomic mass is 10.0. The average molecular weight is 224 g/mol. The van der Waals surface area contributed by atoms with Gasteiger partial charge in [0.2, 0.25) is 5.91 Å². The molecule has 1 saturated heterocycles. The molecule has 1 heterocycles. The van der Waals surface area contributed by atoms with Gasteiger partial charge >= 0.3 is 0 Å². The van der Waals surface area contributed by atoms with Crippen molar-refractivity contribution in [2.45, 2.75) is 58.0 Å². The number of rotatable bonds is 1. The molecule has 0 aromatic carbocycles. The highest BCUT2D eigenvalue weighted by Crippen LogP contribution is 2.27. The monoisotopic (exact) mass is 224 g/mol. The average Bonchev–Trinajstić information content (AvgIpc) is 2.72. The zero-order valence-corrected chi connectivity index (χ0v) is 10.8. The third-order valence-corrected chi connectivity index (χ3v) is 3.96. The molecule has 0 radical (unpaired) electrons. The Labute approximate surface area is 98.6 Å². The Hall–Kier alpha value is -0.570. The van der Waals surface area contributed by atoms with Crippen LogP contribution in [0.4, 0.5) is 0 Å². The van der Waals surface area contributed by atoms with Gasteiger partial charge in [-0.05, 0) is 32.6 Å². The van der Waals surface area contributed by atoms with Crippen molar-refractivity contribution in [3.63, 3.8) is 0 Å². The lowest BCUT2D eigenvalue weighted by Crippen LogP contribution is -2.53. The van der Waals surface area contributed by atoms with Crippen LogP contribution in [0.3, 0.4) is 0 Å². The summed E-state index contributed by atoms with van der Waals surface area (Å²) in [5, 5.41) is 3.38. The van der Waals surface area contributed by atoms with Crippen LogP contribution in [0.5, 0.6) is 0 Å². The van der Waals surface area contributed by atoms with Gasteiger partial charge in [-0.3, -0.25) is 4.79 Å². The summed E-state index contributed by atoms with van der Waals surface area (Å²) in [6.07, 6.45) is 4.98. The van der Waals surface area contributed by atoms with Crippen molar-refractivity contribution in [2.24, 2.45) is 5.92 Å². The van der Waals surface area contributed by atoms with E-state index in [4.69, 9.17) is 0 Å². The third-order valence-electron chi connectivity index (χ3n) is 3.96. The van der Waals surface area contributed by atoms with Crippen molar-refractivity contribution in [2.75, 3.05) is 13.1 Å². The molecule has 1 aliphatic carbocycles. The van der Waals surface area contributed by atoms with E-state index < -0.39 is 0 Å². The lowest BCUT2D eigenvalue weighted by Gasteiger charge is -2.33. The van der Waals surface area contributed by atoms with Gasteiger partial charge in [-0.2, -0.15) is 0 Å². The molecule has 1 N–H and O–H groups in total. The predicted molar refractivity (Wildman–Crippen MR) is 65.2 cm³/mol. The summed E-state index contributed by atoms with van der Waals surface area (Å²) in [4.78, 5) is 14.6. The second-order valence-electron chi connectivity index (χ2n) is 6.01. The molecule has 2 rings (SSSR count). The maximum Gasteiger partial charge on any atom is 0.242 e. The fraction of sp³-hybridized carbons (Fsp3) is 0.923. The molecule has 3 nitrogen and oxygen atoms in total. The molecular formula is C13H24N2O. The van der Waals surface area contributed by atoms with Crippen LogP contribution in [0, 0.1) is 5.92 Å². The number of hydrogen-bond acceptors (Lipinski definition) is 2. The first-order valence-corrected chi connectivity index (χ1v) is 6.57. The van der Waals surface area contributed by atoms with Crippen LogP contribution >= 0.6 is 0 Å². The van der Waals surface area contributed by atoms with Gasteiger partial charge in [0.15, 0.2) is 0 Å². The fourth-order valence-corrected chi connectivity index (χ4v) is 2.88. The Kier molecular flexibility index (Phi) is 3.24. The minimum atomic E-state index is -0.382. The Morgan fingerprint density at radius 3 is 2.56 bits per heavy atom. The van der Waals surface area contributed by atoms with Crippen molar-refractivity contribution in [1.82, 2.24) is 10.2 Å². The maximum atomic E-state index is 12.5. The molecule has 2 fully saturated rings. The number of carbonyl (C=O) groups is 1. The minimum Gasteiger partial charge on any atom is -0.338 e. The van der Waals surface area contributed by atoms with Crippen molar-refractivity contribution < 1.29 is 4.79 Å². The highest BCUT2D eigenvalue weighted by Gasteiger charge is 2.39. The number of amides is 1. The summed E-state index contributed by atoms with van der Waals surface area (Å²) >= 11 is 0. The second-order valence-corrected chi connectivity index (χ2v) is 6.01. The summed E-state index contributed by atoms with van der Waals surface area (Å²) in [6.45, 7) is 8.12. The predicted octanol–water partition coefficient (Wildman–Crippen LogP) is 1.78. The fourth-order valence-electron chi connectivity index (χ4n) is 2.88. The van der Waals surface area contributed by atoms with Crippen LogP contribution < -0.4 is 5.32 Å². The van der Waals surface area contributed by atoms with E-state index in [1.54, 1.807) is 0 Å². The van der Waals surface area contributed by atoms with Crippen LogP contribution in [-0.2, 0) is 4.79 Å². The summed E-state index contributed by atoms with van der Waals surface area (Å²) in [6, 6.07) is 0.508. The van der Waals surface area contributed by atoms with E-state index in [0.717, 1.165) is 13.1 Å². The van der Waals surface area contributed by atoms with E-state index in [9.17, 15) is 4.79 Å². The molecule has 1 amide bonds. The Morgan fingerprint density at radius 1 is 1.31 bits per heavy atom. The van der Waals surface area contributed by atoms with Crippen LogP contribution in [0.15, 0.2) is 0 Å². The van der Waals surface area contributed by atoms with Crippen molar-refractivity contribution >= 4 is 5.91 Å². The Morgan fingerprint density at radius 2 is 1.94 bits per heavy atom. The Balaban J connectivity index is 2.16. The van der Waals surface area contributed by atoms with Crippen LogP contribution in [0.25, 0.3) is 0 Å². The zero-order chi connectivity index (χ0) is 11.8. The van der Waals surface area contributed by atoms with Crippen molar-refractivity contribution in [3.8, 4) is 0 Å². The SMILES string of the molecule is CC1CNC(C)(C)C(=O)N(C2CCCC2)C1. The standard InChI is InChI=1S/C13H24N2O/c1-10-8-14-13(2,3)12(16)15(9-10)11-6-4-5-7-11/h10-11,14H,4-9H2,1-3H3. The zero-order valence-electron chi connectivity index (χ0n) is 10.8. The maximum absolute atomic E-state index is 12.5. The third kappa shape index (κ3) is 2.24. The molecule has 0 aromatic rings. The summed E-state index contributed by atoms with van der Waals surface area (Å²) in [7, 11) is 0. The number of nitrogens with one attached hydrogen (secondary N) is 1. The molecule has 0 bridgehead atoms. The van der Waals surface area contributed by atoms with E-state index in [-0.39, 0.29) is 5.54 Å². The number of nitrogens with zero attached hydrogens (tertiary/aromatic N) is 1. The van der Waals surface area contributed by atoms with Gasteiger partial charge in [0.1, 0.15) is 0 Å². The smallest absolute Gasteiger partial charge is 0.242 e. The summed E-state index contributed by atoms with van der Waals surface area (Å²) < 4.78 is 0. The van der Waals surface area contributed by atoms with Gasteiger partial charge in [-0.1, -0.05) is 19.8 Å². The van der Waals surface area contributed by atoms with Gasteiger partial charge in [-0.25, -0.2) is 0 Å². The number of carbonyl (C=O) groups excluding carboxylic acids is 1. The van der Waals surface area contributed by atoms with Crippen molar-refractivity contribution in [3.05, 3.63) is 0 Å². The first kappa shape index (κ1) is 11.9. The molecule has 1 aliphatic heterocycles. The summed E-state index contributed by atoms with van der Waals surface area (Å²) in [5.41, 5.74) is -0.382. The van der Waals surface area contributed by atoms with Crippen LogP contribution in [0.1, 0.15) is 46.5 Å². The minimum absolute atomic E-state index is 0.295. The molecule has 92 valence electrons. The highest BCUT2D eigenvalue weighted by molar-refractivity contribution is 5.86. The van der Waals surface area contributed by atoms with E-state index in [0.29, 0.717) is 17.9 Å². The van der Waals surface area contributed by atoms with Gasteiger partial charge in [0, 0.05) is 19.1 Å². The highest BCUT2D eigenvalue weighted by atomic mass is 16.2. The molecule has 1 unspecified atom stereocenters. The summed E-state index contributed by atoms with van der Waals surface area (Å²) in [5.74, 6) is 0.857. The van der Waals surface area contributed by atoms with Crippen LogP contribution in [0.2, 0.25) is 0 Å². The van der Waals surface area contributed by atoms with E-state index in [1.165, 1.54) is 25.7 Å². The van der Waals surface area contributed by atoms with E-state index >= 15 is 0 Å². The lowest BCUT2D eigenvalue weighted by molar-refractivity contribution is -0.138. The van der Waals surface area contributed by atoms with E-state index in [1.807, 2.05) is 13.8 Å². The topological polar surface area (TPSA) is 32.3 Å². The second kappa shape index (κ2) is 4.36. The van der Waals surface area contributed by atoms with E-state index in [2.05, 4.69) is 17.1 Å². The van der Waals surface area contributed by atoms with Gasteiger partial charge in [-0.15, -0.1) is 0 Å². The molecule has 2 aliphatic rings. The molecule has 0 spiro atoms. The molecule has 1 saturated carbocycles. The molecule has 0 aromatic heterocycles. The molecule has 16 heavy (non-hydrogen) atoms. The van der Waals surface area contributed by atoms with Crippen molar-refractivity contribution in [1.29, 1.82) is 0 Å². The molecule has 1 atom stereocenters. The Bertz CT molecular complexity index is 269. The molecular weight excluding hydrogens is 200 g/mol. The first-order chi connectivity index (χ1) is 7.50. The van der Waals surface area contributed by atoms with Gasteiger partial charge in [0.25, 0.3) is 0 Å². The number of hydrogen-bond donors (Lipinski definition) is 1. The van der Waals surface area contributed by atoms with Gasteiger partial charge in [0.05, 0.1) is 5.54 Å². The quantitative estimate of drug-likeness (QED) is 0.736.